The van der Waals surface area contributed by atoms with Crippen LogP contribution in [0, 0.1) is 0 Å². The highest BCUT2D eigenvalue weighted by molar-refractivity contribution is 5.86. The molecule has 0 saturated heterocycles. The minimum Gasteiger partial charge on any atom is -0.481 e. The first-order chi connectivity index (χ1) is 12.2. The first-order valence-electron chi connectivity index (χ1n) is 7.79. The number of aliphatic hydroxyl groups is 1. The van der Waals surface area contributed by atoms with Crippen LogP contribution in [0.5, 0.6) is 0 Å². The van der Waals surface area contributed by atoms with Gasteiger partial charge in [-0.25, -0.2) is 14.4 Å². The second-order valence-corrected chi connectivity index (χ2v) is 5.30. The third-order valence-corrected chi connectivity index (χ3v) is 3.17. The van der Waals surface area contributed by atoms with E-state index in [1.54, 1.807) is 0 Å². The number of rotatable bonds is 13. The number of carboxylic acid groups (broad SMARTS) is 3. The first-order valence-corrected chi connectivity index (χ1v) is 7.79. The highest BCUT2D eigenvalue weighted by Crippen LogP contribution is 2.01. The Morgan fingerprint density at radius 1 is 0.808 bits per heavy atom. The molecule has 0 aliphatic rings. The summed E-state index contributed by atoms with van der Waals surface area (Å²) < 4.78 is 0. The monoisotopic (exact) mass is 377 g/mol. The van der Waals surface area contributed by atoms with Gasteiger partial charge in [-0.1, -0.05) is 0 Å². The third kappa shape index (κ3) is 10.8. The van der Waals surface area contributed by atoms with Crippen LogP contribution in [0.15, 0.2) is 0 Å². The molecule has 12 heteroatoms. The molecule has 12 nitrogen and oxygen atoms in total. The summed E-state index contributed by atoms with van der Waals surface area (Å²) in [7, 11) is 0. The molecule has 0 aliphatic heterocycles. The zero-order chi connectivity index (χ0) is 20.1. The third-order valence-electron chi connectivity index (χ3n) is 3.17. The van der Waals surface area contributed by atoms with Crippen molar-refractivity contribution in [1.29, 1.82) is 0 Å². The SMILES string of the molecule is O=C(O)CC[C@H](NC(=O)N[C@@H](CCC(=O)NCCCO)C(=O)O)C(=O)O. The van der Waals surface area contributed by atoms with E-state index >= 15 is 0 Å². The number of urea groups is 1. The van der Waals surface area contributed by atoms with Crippen LogP contribution in [0.25, 0.3) is 0 Å². The Morgan fingerprint density at radius 3 is 1.73 bits per heavy atom. The Labute approximate surface area is 148 Å². The highest BCUT2D eigenvalue weighted by Gasteiger charge is 2.25. The molecule has 3 amide bonds. The fourth-order valence-corrected chi connectivity index (χ4v) is 1.81. The van der Waals surface area contributed by atoms with Crippen molar-refractivity contribution in [2.75, 3.05) is 13.2 Å². The Kier molecular flexibility index (Phi) is 11.1. The molecular weight excluding hydrogens is 354 g/mol. The van der Waals surface area contributed by atoms with E-state index in [4.69, 9.17) is 20.4 Å². The number of carbonyl (C=O) groups is 5. The Bertz CT molecular complexity index is 524. The molecule has 0 fully saturated rings. The molecular formula is C14H23N3O9. The van der Waals surface area contributed by atoms with E-state index in [2.05, 4.69) is 5.32 Å². The van der Waals surface area contributed by atoms with Crippen LogP contribution in [-0.4, -0.2) is 75.5 Å². The van der Waals surface area contributed by atoms with Crippen LogP contribution < -0.4 is 16.0 Å². The quantitative estimate of drug-likeness (QED) is 0.183. The number of aliphatic carboxylic acids is 3. The number of aliphatic hydroxyl groups excluding tert-OH is 1. The summed E-state index contributed by atoms with van der Waals surface area (Å²) in [6, 6.07) is -4.04. The van der Waals surface area contributed by atoms with Crippen LogP contribution >= 0.6 is 0 Å². The standard InChI is InChI=1S/C14H23N3O9/c18-7-1-6-15-10(19)4-2-8(12(22)23)16-14(26)17-9(13(24)25)3-5-11(20)21/h8-9,18H,1-7H2,(H,15,19)(H,20,21)(H,22,23)(H,24,25)(H2,16,17,26)/t8-,9-/m0/s1. The van der Waals surface area contributed by atoms with Gasteiger partial charge in [-0.05, 0) is 19.3 Å². The highest BCUT2D eigenvalue weighted by atomic mass is 16.4. The molecule has 0 aliphatic carbocycles. The summed E-state index contributed by atoms with van der Waals surface area (Å²) in [6.45, 7) is 0.122. The fourth-order valence-electron chi connectivity index (χ4n) is 1.81. The van der Waals surface area contributed by atoms with E-state index in [0.717, 1.165) is 0 Å². The van der Waals surface area contributed by atoms with Gasteiger partial charge < -0.3 is 36.4 Å². The van der Waals surface area contributed by atoms with Crippen molar-refractivity contribution in [1.82, 2.24) is 16.0 Å². The molecule has 0 aromatic rings. The average molecular weight is 377 g/mol. The summed E-state index contributed by atoms with van der Waals surface area (Å²) in [5, 5.41) is 41.6. The number of nitrogens with one attached hydrogen (secondary N) is 3. The fraction of sp³-hybridized carbons (Fsp3) is 0.643. The molecule has 26 heavy (non-hydrogen) atoms. The van der Waals surface area contributed by atoms with Gasteiger partial charge in [0.15, 0.2) is 0 Å². The lowest BCUT2D eigenvalue weighted by Crippen LogP contribution is -2.51. The molecule has 0 bridgehead atoms. The molecule has 0 unspecified atom stereocenters. The van der Waals surface area contributed by atoms with Gasteiger partial charge in [0.1, 0.15) is 12.1 Å². The molecule has 148 valence electrons. The van der Waals surface area contributed by atoms with Crippen molar-refractivity contribution in [3.8, 4) is 0 Å². The Hall–Kier alpha value is -2.89. The largest absolute Gasteiger partial charge is 0.481 e. The van der Waals surface area contributed by atoms with Gasteiger partial charge in [0.05, 0.1) is 0 Å². The van der Waals surface area contributed by atoms with E-state index in [-0.39, 0.29) is 32.4 Å². The van der Waals surface area contributed by atoms with Crippen molar-refractivity contribution in [2.24, 2.45) is 0 Å². The van der Waals surface area contributed by atoms with Crippen molar-refractivity contribution in [3.63, 3.8) is 0 Å². The lowest BCUT2D eigenvalue weighted by molar-refractivity contribution is -0.141. The predicted molar refractivity (Wildman–Crippen MR) is 85.3 cm³/mol. The van der Waals surface area contributed by atoms with Crippen LogP contribution in [0.2, 0.25) is 0 Å². The number of amides is 3. The predicted octanol–water partition coefficient (Wildman–Crippen LogP) is -1.66. The average Bonchev–Trinajstić information content (AvgIpc) is 2.54. The lowest BCUT2D eigenvalue weighted by atomic mass is 10.1. The molecule has 0 aromatic heterocycles. The zero-order valence-corrected chi connectivity index (χ0v) is 13.9. The van der Waals surface area contributed by atoms with Gasteiger partial charge >= 0.3 is 23.9 Å². The van der Waals surface area contributed by atoms with Gasteiger partial charge in [-0.15, -0.1) is 0 Å². The van der Waals surface area contributed by atoms with Crippen molar-refractivity contribution in [2.45, 2.75) is 44.2 Å². The summed E-state index contributed by atoms with van der Waals surface area (Å²) in [5.74, 6) is -4.58. The summed E-state index contributed by atoms with van der Waals surface area (Å²) in [6.07, 6.45) is -0.955. The van der Waals surface area contributed by atoms with E-state index in [9.17, 15) is 24.0 Å². The maximum absolute atomic E-state index is 11.7. The van der Waals surface area contributed by atoms with Gasteiger partial charge in [0.25, 0.3) is 0 Å². The molecule has 0 saturated carbocycles. The number of carbonyl (C=O) groups excluding carboxylic acids is 2. The van der Waals surface area contributed by atoms with Crippen molar-refractivity contribution >= 4 is 29.8 Å². The maximum atomic E-state index is 11.7. The van der Waals surface area contributed by atoms with Crippen LogP contribution in [-0.2, 0) is 19.2 Å². The smallest absolute Gasteiger partial charge is 0.326 e. The van der Waals surface area contributed by atoms with E-state index in [0.29, 0.717) is 6.42 Å². The molecule has 0 radical (unpaired) electrons. The van der Waals surface area contributed by atoms with Gasteiger partial charge in [-0.2, -0.15) is 0 Å². The minimum absolute atomic E-state index is 0.105. The topological polar surface area (TPSA) is 202 Å². The minimum atomic E-state index is -1.50. The van der Waals surface area contributed by atoms with Crippen molar-refractivity contribution in [3.05, 3.63) is 0 Å². The number of carboxylic acids is 3. The van der Waals surface area contributed by atoms with Gasteiger partial charge in [-0.3, -0.25) is 9.59 Å². The molecule has 2 atom stereocenters. The summed E-state index contributed by atoms with van der Waals surface area (Å²) in [5.41, 5.74) is 0. The normalized spacial score (nSPS) is 12.5. The van der Waals surface area contributed by atoms with Crippen LogP contribution in [0.3, 0.4) is 0 Å². The van der Waals surface area contributed by atoms with Crippen molar-refractivity contribution < 1.29 is 44.4 Å². The maximum Gasteiger partial charge on any atom is 0.326 e. The number of hydrogen-bond donors (Lipinski definition) is 7. The van der Waals surface area contributed by atoms with Gasteiger partial charge in [0, 0.05) is 26.0 Å². The summed E-state index contributed by atoms with van der Waals surface area (Å²) in [4.78, 5) is 55.8. The molecule has 0 aromatic carbocycles. The molecule has 0 spiro atoms. The Morgan fingerprint density at radius 2 is 1.31 bits per heavy atom. The summed E-state index contributed by atoms with van der Waals surface area (Å²) >= 11 is 0. The zero-order valence-electron chi connectivity index (χ0n) is 13.9. The molecule has 7 N–H and O–H groups in total. The van der Waals surface area contributed by atoms with Crippen LogP contribution in [0.4, 0.5) is 4.79 Å². The second kappa shape index (κ2) is 12.5. The van der Waals surface area contributed by atoms with Crippen LogP contribution in [0.1, 0.15) is 32.1 Å². The first kappa shape index (κ1) is 23.1. The molecule has 0 rings (SSSR count). The van der Waals surface area contributed by atoms with E-state index in [1.807, 2.05) is 10.6 Å². The van der Waals surface area contributed by atoms with Gasteiger partial charge in [0.2, 0.25) is 5.91 Å². The van der Waals surface area contributed by atoms with E-state index < -0.39 is 48.4 Å². The van der Waals surface area contributed by atoms with E-state index in [1.165, 1.54) is 0 Å². The Balaban J connectivity index is 4.51. The lowest BCUT2D eigenvalue weighted by Gasteiger charge is -2.18. The second-order valence-electron chi connectivity index (χ2n) is 5.30. The number of hydrogen-bond acceptors (Lipinski definition) is 6. The molecule has 0 heterocycles.